The number of nitrogens with zero attached hydrogens (tertiary/aromatic N) is 1. The Labute approximate surface area is 178 Å². The second kappa shape index (κ2) is 9.46. The molecule has 0 bridgehead atoms. The third-order valence-electron chi connectivity index (χ3n) is 6.77. The van der Waals surface area contributed by atoms with Crippen LogP contribution in [0.2, 0.25) is 0 Å². The number of aromatic carboxylic acids is 1. The highest BCUT2D eigenvalue weighted by Crippen LogP contribution is 2.32. The zero-order valence-corrected chi connectivity index (χ0v) is 17.6. The molecule has 0 unspecified atom stereocenters. The van der Waals surface area contributed by atoms with E-state index in [0.717, 1.165) is 42.4 Å². The number of benzene rings is 2. The predicted molar refractivity (Wildman–Crippen MR) is 119 cm³/mol. The molecular formula is C26H31NO3. The van der Waals surface area contributed by atoms with Crippen molar-refractivity contribution in [1.82, 2.24) is 4.90 Å². The first-order valence-electron chi connectivity index (χ1n) is 11.4. The second-order valence-electron chi connectivity index (χ2n) is 8.76. The summed E-state index contributed by atoms with van der Waals surface area (Å²) in [5.74, 6) is -0.741. The Morgan fingerprint density at radius 1 is 0.633 bits per heavy atom. The van der Waals surface area contributed by atoms with Crippen molar-refractivity contribution in [3.05, 3.63) is 59.7 Å². The highest BCUT2D eigenvalue weighted by Gasteiger charge is 2.32. The minimum Gasteiger partial charge on any atom is -0.478 e. The summed E-state index contributed by atoms with van der Waals surface area (Å²) in [5.41, 5.74) is 2.99. The molecule has 0 aliphatic heterocycles. The Morgan fingerprint density at radius 3 is 1.43 bits per heavy atom. The molecule has 158 valence electrons. The van der Waals surface area contributed by atoms with Crippen LogP contribution in [0.4, 0.5) is 0 Å². The molecule has 0 saturated heterocycles. The molecule has 0 heterocycles. The van der Waals surface area contributed by atoms with Crippen molar-refractivity contribution in [2.45, 2.75) is 76.3 Å². The molecule has 0 atom stereocenters. The van der Waals surface area contributed by atoms with Gasteiger partial charge in [-0.3, -0.25) is 4.79 Å². The monoisotopic (exact) mass is 405 g/mol. The molecular weight excluding hydrogens is 374 g/mol. The average Bonchev–Trinajstić information content (AvgIpc) is 2.81. The molecule has 0 aromatic heterocycles. The molecule has 4 rings (SSSR count). The smallest absolute Gasteiger partial charge is 0.335 e. The van der Waals surface area contributed by atoms with Crippen LogP contribution in [-0.4, -0.2) is 34.0 Å². The molecule has 4 heteroatoms. The average molecular weight is 406 g/mol. The summed E-state index contributed by atoms with van der Waals surface area (Å²) < 4.78 is 0. The number of carboxylic acids is 1. The topological polar surface area (TPSA) is 57.6 Å². The van der Waals surface area contributed by atoms with Gasteiger partial charge in [0.1, 0.15) is 0 Å². The van der Waals surface area contributed by atoms with Crippen LogP contribution < -0.4 is 0 Å². The zero-order chi connectivity index (χ0) is 20.9. The van der Waals surface area contributed by atoms with Crippen molar-refractivity contribution < 1.29 is 14.7 Å². The Hall–Kier alpha value is -2.62. The van der Waals surface area contributed by atoms with Gasteiger partial charge in [0.15, 0.2) is 0 Å². The van der Waals surface area contributed by atoms with Gasteiger partial charge in [-0.05, 0) is 61.1 Å². The largest absolute Gasteiger partial charge is 0.478 e. The van der Waals surface area contributed by atoms with Gasteiger partial charge in [-0.15, -0.1) is 0 Å². The van der Waals surface area contributed by atoms with Gasteiger partial charge in [-0.25, -0.2) is 4.79 Å². The number of hydrogen-bond donors (Lipinski definition) is 1. The summed E-state index contributed by atoms with van der Waals surface area (Å²) in [6, 6.07) is 15.5. The summed E-state index contributed by atoms with van der Waals surface area (Å²) in [7, 11) is 0. The van der Waals surface area contributed by atoms with Gasteiger partial charge in [-0.1, -0.05) is 62.8 Å². The molecule has 0 radical (unpaired) electrons. The fraction of sp³-hybridized carbons (Fsp3) is 0.462. The minimum atomic E-state index is -0.923. The number of rotatable bonds is 5. The Bertz CT molecular complexity index is 842. The quantitative estimate of drug-likeness (QED) is 0.648. The van der Waals surface area contributed by atoms with Crippen LogP contribution in [0.25, 0.3) is 11.1 Å². The number of carbonyl (C=O) groups is 2. The SMILES string of the molecule is O=C(O)c1ccc(-c2ccc(C(=O)N(C3CCCCC3)C3CCCCC3)cc2)cc1. The summed E-state index contributed by atoms with van der Waals surface area (Å²) in [6.07, 6.45) is 12.0. The van der Waals surface area contributed by atoms with Gasteiger partial charge in [-0.2, -0.15) is 0 Å². The molecule has 30 heavy (non-hydrogen) atoms. The maximum absolute atomic E-state index is 13.6. The normalized spacial score (nSPS) is 18.1. The molecule has 2 fully saturated rings. The Morgan fingerprint density at radius 2 is 1.03 bits per heavy atom. The Kier molecular flexibility index (Phi) is 6.51. The maximum Gasteiger partial charge on any atom is 0.335 e. The van der Waals surface area contributed by atoms with Crippen LogP contribution in [-0.2, 0) is 0 Å². The molecule has 4 nitrogen and oxygen atoms in total. The van der Waals surface area contributed by atoms with E-state index >= 15 is 0 Å². The highest BCUT2D eigenvalue weighted by molar-refractivity contribution is 5.95. The van der Waals surface area contributed by atoms with Gasteiger partial charge >= 0.3 is 5.97 Å². The van der Waals surface area contributed by atoms with Crippen molar-refractivity contribution in [3.8, 4) is 11.1 Å². The lowest BCUT2D eigenvalue weighted by molar-refractivity contribution is 0.0448. The second-order valence-corrected chi connectivity index (χ2v) is 8.76. The van der Waals surface area contributed by atoms with Gasteiger partial charge < -0.3 is 10.0 Å². The van der Waals surface area contributed by atoms with E-state index in [1.54, 1.807) is 12.1 Å². The summed E-state index contributed by atoms with van der Waals surface area (Å²) in [5, 5.41) is 9.07. The first-order valence-corrected chi connectivity index (χ1v) is 11.4. The molecule has 2 saturated carbocycles. The van der Waals surface area contributed by atoms with Crippen LogP contribution in [0.3, 0.4) is 0 Å². The van der Waals surface area contributed by atoms with E-state index in [-0.39, 0.29) is 11.5 Å². The summed E-state index contributed by atoms with van der Waals surface area (Å²) in [4.78, 5) is 26.9. The van der Waals surface area contributed by atoms with Gasteiger partial charge in [0.25, 0.3) is 5.91 Å². The third-order valence-corrected chi connectivity index (χ3v) is 6.77. The van der Waals surface area contributed by atoms with E-state index in [9.17, 15) is 9.59 Å². The first-order chi connectivity index (χ1) is 14.6. The van der Waals surface area contributed by atoms with Crippen LogP contribution in [0.1, 0.15) is 84.9 Å². The van der Waals surface area contributed by atoms with E-state index in [0.29, 0.717) is 12.1 Å². The van der Waals surface area contributed by atoms with Crippen LogP contribution in [0, 0.1) is 0 Å². The molecule has 2 aliphatic carbocycles. The lowest BCUT2D eigenvalue weighted by atomic mass is 9.88. The van der Waals surface area contributed by atoms with E-state index in [4.69, 9.17) is 5.11 Å². The minimum absolute atomic E-state index is 0.182. The van der Waals surface area contributed by atoms with Crippen molar-refractivity contribution in [2.75, 3.05) is 0 Å². The number of hydrogen-bond acceptors (Lipinski definition) is 2. The van der Waals surface area contributed by atoms with E-state index in [1.807, 2.05) is 36.4 Å². The lowest BCUT2D eigenvalue weighted by Crippen LogP contribution is -2.48. The van der Waals surface area contributed by atoms with E-state index < -0.39 is 5.97 Å². The fourth-order valence-electron chi connectivity index (χ4n) is 5.11. The number of carbonyl (C=O) groups excluding carboxylic acids is 1. The van der Waals surface area contributed by atoms with Crippen LogP contribution in [0.15, 0.2) is 48.5 Å². The van der Waals surface area contributed by atoms with Gasteiger partial charge in [0.2, 0.25) is 0 Å². The van der Waals surface area contributed by atoms with Crippen LogP contribution >= 0.6 is 0 Å². The Balaban J connectivity index is 1.54. The predicted octanol–water partition coefficient (Wildman–Crippen LogP) is 6.16. The third kappa shape index (κ3) is 4.58. The standard InChI is InChI=1S/C26H31NO3/c28-25(27(23-7-3-1-4-8-23)24-9-5-2-6-10-24)21-15-11-19(12-16-21)20-13-17-22(18-14-20)26(29)30/h11-18,23-24H,1-10H2,(H,29,30). The van der Waals surface area contributed by atoms with E-state index in [2.05, 4.69) is 4.90 Å². The molecule has 1 amide bonds. The number of carboxylic acid groups (broad SMARTS) is 1. The van der Waals surface area contributed by atoms with Gasteiger partial charge in [0.05, 0.1) is 5.56 Å². The molecule has 1 N–H and O–H groups in total. The van der Waals surface area contributed by atoms with Crippen molar-refractivity contribution in [2.24, 2.45) is 0 Å². The van der Waals surface area contributed by atoms with Crippen LogP contribution in [0.5, 0.6) is 0 Å². The van der Waals surface area contributed by atoms with E-state index in [1.165, 1.54) is 38.5 Å². The van der Waals surface area contributed by atoms with Crippen molar-refractivity contribution >= 4 is 11.9 Å². The number of amides is 1. The highest BCUT2D eigenvalue weighted by atomic mass is 16.4. The molecule has 2 aromatic carbocycles. The first kappa shape index (κ1) is 20.6. The lowest BCUT2D eigenvalue weighted by Gasteiger charge is -2.42. The fourth-order valence-corrected chi connectivity index (χ4v) is 5.11. The van der Waals surface area contributed by atoms with Crippen molar-refractivity contribution in [3.63, 3.8) is 0 Å². The zero-order valence-electron chi connectivity index (χ0n) is 17.6. The molecule has 0 spiro atoms. The van der Waals surface area contributed by atoms with Gasteiger partial charge in [0, 0.05) is 17.6 Å². The molecule has 2 aromatic rings. The van der Waals surface area contributed by atoms with Crippen molar-refractivity contribution in [1.29, 1.82) is 0 Å². The maximum atomic E-state index is 13.6. The summed E-state index contributed by atoms with van der Waals surface area (Å²) >= 11 is 0. The summed E-state index contributed by atoms with van der Waals surface area (Å²) in [6.45, 7) is 0. The molecule has 2 aliphatic rings.